The van der Waals surface area contributed by atoms with E-state index in [0.717, 1.165) is 33.0 Å². The molecule has 0 N–H and O–H groups in total. The molecule has 0 fully saturated rings. The van der Waals surface area contributed by atoms with Gasteiger partial charge in [0.25, 0.3) is 0 Å². The molecule has 2 aromatic carbocycles. The summed E-state index contributed by atoms with van der Waals surface area (Å²) < 4.78 is 56.7. The molecule has 0 saturated carbocycles. The van der Waals surface area contributed by atoms with Gasteiger partial charge in [-0.15, -0.1) is 37.7 Å². The SMILES string of the molecule is C=C[Si](C)(C)CCC[Si](C)(C)OC.C=C[Si](C)(C)CCC[Si](C)(C)OCC.C=C[Si](C)(CCC[Si](C)(C)C)OC.C=C[Si](C)(CCC[Si](C)(C)C)OCC.CCO[Si](C)(C)CCC[SiH](C)C.CCO[Si](C)(C)CCC[Si](C)(C)C.CCO[Si](C)(C)CCC[Si](C)(C)c1ccccc1.CO[Si](C)(C)CCC[SiH](C)C.CO[Si](C)(C)CCC[Si](C)(C)C.CO[Si](C)(C)CCC[Si](C)(C)c1ccccc1. The topological polar surface area (TPSA) is 92.3 Å². The molecule has 0 aliphatic heterocycles. The highest BCUT2D eigenvalue weighted by Gasteiger charge is 2.33. The summed E-state index contributed by atoms with van der Waals surface area (Å²) >= 11 is 0. The van der Waals surface area contributed by atoms with E-state index in [2.05, 4.69) is 419 Å². The largest absolute Gasteiger partial charge is 0.420 e. The van der Waals surface area contributed by atoms with Gasteiger partial charge in [-0.2, -0.15) is 0 Å². The van der Waals surface area contributed by atoms with Gasteiger partial charge in [0.2, 0.25) is 16.6 Å². The summed E-state index contributed by atoms with van der Waals surface area (Å²) in [6, 6.07) is 49.3. The smallest absolute Gasteiger partial charge is 0.213 e. The molecule has 0 aliphatic rings. The molecule has 0 bridgehead atoms. The van der Waals surface area contributed by atoms with Crippen molar-refractivity contribution in [3.05, 3.63) is 110 Å². The first-order chi connectivity index (χ1) is 62.0. The maximum Gasteiger partial charge on any atom is 0.213 e. The summed E-state index contributed by atoms with van der Waals surface area (Å²) in [5, 5.41) is 3.16. The van der Waals surface area contributed by atoms with Crippen LogP contribution in [0.5, 0.6) is 0 Å². The molecular weight excluding hydrogens is 2010 g/mol. The zero-order valence-corrected chi connectivity index (χ0v) is 123. The number of hydrogen-bond donors (Lipinski definition) is 0. The fraction of sp³-hybridized carbons (Fsp3) is 0.813. The number of benzene rings is 2. The molecule has 0 saturated heterocycles. The molecule has 10 nitrogen and oxygen atoms in total. The van der Waals surface area contributed by atoms with Crippen LogP contribution in [-0.2, 0) is 44.3 Å². The van der Waals surface area contributed by atoms with Crippen molar-refractivity contribution in [2.75, 3.05) is 68.6 Å². The average Bonchev–Trinajstić information content (AvgIpc) is 0.664. The van der Waals surface area contributed by atoms with E-state index in [1.807, 2.05) is 35.5 Å². The van der Waals surface area contributed by atoms with Crippen molar-refractivity contribution in [2.45, 2.75) is 495 Å². The molecule has 0 radical (unpaired) electrons. The van der Waals surface area contributed by atoms with Crippen LogP contribution in [0.25, 0.3) is 0 Å². The normalized spacial score (nSPS) is 13.6. The van der Waals surface area contributed by atoms with E-state index < -0.39 is 148 Å². The lowest BCUT2D eigenvalue weighted by Gasteiger charge is -2.26. The van der Waals surface area contributed by atoms with Gasteiger partial charge in [0, 0.05) is 118 Å². The minimum atomic E-state index is -1.54. The van der Waals surface area contributed by atoms with Crippen molar-refractivity contribution < 1.29 is 44.3 Å². The van der Waals surface area contributed by atoms with Crippen molar-refractivity contribution in [1.82, 2.24) is 0 Å². The Bertz CT molecular complexity index is 3190. The number of hydrogen-bond acceptors (Lipinski definition) is 10. The molecule has 137 heavy (non-hydrogen) atoms. The van der Waals surface area contributed by atoms with E-state index in [0.29, 0.717) is 0 Å². The molecule has 0 amide bonds. The standard InChI is InChI=1S/C15H28OSi2.C14H26OSi2.2C11H26OSi2.C10H26OSi2.2C10H24OSi2.2C9H24OSi2.C8H22OSi2/c1-6-16-18(4,5)14-10-13-17(2,3)15-11-8-7-9-12-15;1-15-17(4,5)13-9-12-16(2,3)14-10-7-6-8-11-14;1-7-12-14(5,6)11-9-10-13(3,4)8-2;1-7-12-14(6,8-2)11-9-10-13(3,4)5;1-7-11-13(5,6)10-8-9-12(2,3)4;1-7-12(3,4)9-8-10-13(5,6)11-2;1-7-13(6,11-2)10-8-9-12(3,4)5;1-10-12(5,6)9-7-8-11(2,3)4;1-6-10-12(4,5)9-7-8-11(2)3;1-9-11(4,5)8-6-7-10(2)3/h7-9,11-12H,6,10,13-14H2,1-5H3;6-8,10-11H,9,12-13H2,1-5H3;2*8H,2,7,9-11H2,1,3-6H3;7-10H2,1-6H3;2*7H,1,8-10H2,2-6H3;7-9H2,1-6H3;11H,6-9H2,1-5H3;10H,6-8H2,1-5H3. The predicted octanol–water partition coefficient (Wildman–Crippen LogP) is 36.8. The van der Waals surface area contributed by atoms with Gasteiger partial charge in [0.15, 0.2) is 66.5 Å². The zero-order chi connectivity index (χ0) is 109. The molecule has 2 aromatic rings. The van der Waals surface area contributed by atoms with E-state index in [1.165, 1.54) is 185 Å². The van der Waals surface area contributed by atoms with Crippen molar-refractivity contribution in [3.63, 3.8) is 0 Å². The van der Waals surface area contributed by atoms with Crippen molar-refractivity contribution in [2.24, 2.45) is 0 Å². The van der Waals surface area contributed by atoms with Crippen LogP contribution in [0, 0.1) is 0 Å². The van der Waals surface area contributed by atoms with E-state index >= 15 is 0 Å². The van der Waals surface area contributed by atoms with Gasteiger partial charge in [0.1, 0.15) is 0 Å². The monoisotopic (exact) mass is 2260 g/mol. The molecular formula is C107H250O10Si20. The van der Waals surface area contributed by atoms with Crippen LogP contribution in [0.1, 0.15) is 98.8 Å². The van der Waals surface area contributed by atoms with Gasteiger partial charge in [0.05, 0.1) is 32.3 Å². The van der Waals surface area contributed by atoms with Crippen LogP contribution in [0.2, 0.25) is 396 Å². The molecule has 0 aromatic heterocycles. The summed E-state index contributed by atoms with van der Waals surface area (Å²) in [5.74, 6) is 0. The fourth-order valence-corrected chi connectivity index (χ4v) is 49.5. The third-order valence-corrected chi connectivity index (χ3v) is 77.0. The van der Waals surface area contributed by atoms with Crippen LogP contribution < -0.4 is 10.4 Å². The average molecular weight is 2260 g/mol. The Morgan fingerprint density at radius 1 is 0.219 bits per heavy atom. The van der Waals surface area contributed by atoms with Crippen LogP contribution in [0.3, 0.4) is 0 Å². The first kappa shape index (κ1) is 154. The maximum atomic E-state index is 5.90. The third kappa shape index (κ3) is 106. The quantitative estimate of drug-likeness (QED) is 0.0596. The molecule has 0 spiro atoms. The zero-order valence-electron chi connectivity index (χ0n) is 103. The second-order valence-electron chi connectivity index (χ2n) is 52.8. The van der Waals surface area contributed by atoms with Gasteiger partial charge in [-0.25, -0.2) is 0 Å². The lowest BCUT2D eigenvalue weighted by Crippen LogP contribution is -2.41. The Kier molecular flexibility index (Phi) is 88.0. The summed E-state index contributed by atoms with van der Waals surface area (Å²) in [7, 11) is -12.7. The first-order valence-electron chi connectivity index (χ1n) is 54.7. The minimum absolute atomic E-state index is 0.304. The second kappa shape index (κ2) is 78.5. The highest BCUT2D eigenvalue weighted by atomic mass is 28.4. The summed E-state index contributed by atoms with van der Waals surface area (Å²) in [4.78, 5) is 0. The fourth-order valence-electron chi connectivity index (χ4n) is 15.1. The van der Waals surface area contributed by atoms with E-state index in [-0.39, 0.29) is 17.6 Å². The van der Waals surface area contributed by atoms with Gasteiger partial charge < -0.3 is 44.3 Å². The van der Waals surface area contributed by atoms with E-state index in [4.69, 9.17) is 44.3 Å². The highest BCUT2D eigenvalue weighted by molar-refractivity contribution is 6.91. The van der Waals surface area contributed by atoms with Gasteiger partial charge in [-0.1, -0.05) is 364 Å². The van der Waals surface area contributed by atoms with Crippen molar-refractivity contribution >= 4 is 176 Å². The van der Waals surface area contributed by atoms with Crippen LogP contribution in [0.15, 0.2) is 110 Å². The Morgan fingerprint density at radius 2 is 0.416 bits per heavy atom. The Morgan fingerprint density at radius 3 is 0.613 bits per heavy atom. The molecule has 2 unspecified atom stereocenters. The highest BCUT2D eigenvalue weighted by Crippen LogP contribution is 2.29. The molecule has 30 heteroatoms. The predicted molar refractivity (Wildman–Crippen MR) is 693 cm³/mol. The molecule has 818 valence electrons. The Hall–Kier alpha value is 1.34. The first-order valence-corrected chi connectivity index (χ1v) is 119. The van der Waals surface area contributed by atoms with Gasteiger partial charge >= 0.3 is 0 Å². The van der Waals surface area contributed by atoms with Crippen LogP contribution in [0.4, 0.5) is 0 Å². The summed E-state index contributed by atoms with van der Waals surface area (Å²) in [6.07, 6.45) is 13.5. The van der Waals surface area contributed by atoms with E-state index in [9.17, 15) is 0 Å². The van der Waals surface area contributed by atoms with Gasteiger partial charge in [-0.05, 0) is 213 Å². The Labute approximate surface area is 885 Å². The molecule has 2 rings (SSSR count). The van der Waals surface area contributed by atoms with Crippen molar-refractivity contribution in [3.8, 4) is 0 Å². The van der Waals surface area contributed by atoms with Gasteiger partial charge in [-0.3, -0.25) is 0 Å². The third-order valence-electron chi connectivity index (χ3n) is 26.5. The molecule has 2 atom stereocenters. The Balaban J connectivity index is -0.000000226. The van der Waals surface area contributed by atoms with Crippen LogP contribution >= 0.6 is 0 Å². The van der Waals surface area contributed by atoms with E-state index in [1.54, 1.807) is 10.4 Å². The summed E-state index contributed by atoms with van der Waals surface area (Å²) in [5.41, 5.74) is 8.52. The lowest BCUT2D eigenvalue weighted by molar-refractivity contribution is 0.328. The lowest BCUT2D eigenvalue weighted by atomic mass is 10.4. The number of rotatable bonds is 61. The minimum Gasteiger partial charge on any atom is -0.420 e. The van der Waals surface area contributed by atoms with Crippen LogP contribution in [-0.4, -0.2) is 234 Å². The molecule has 0 aliphatic carbocycles. The summed E-state index contributed by atoms with van der Waals surface area (Å²) in [6.45, 7) is 130. The second-order valence-corrected chi connectivity index (χ2v) is 144. The maximum absolute atomic E-state index is 5.90. The molecule has 0 heterocycles. The van der Waals surface area contributed by atoms with Crippen molar-refractivity contribution in [1.29, 1.82) is 0 Å².